The van der Waals surface area contributed by atoms with Crippen LogP contribution in [0.5, 0.6) is 0 Å². The number of benzene rings is 3. The van der Waals surface area contributed by atoms with Gasteiger partial charge in [0.2, 0.25) is 5.76 Å². The quantitative estimate of drug-likeness (QED) is 0.478. The van der Waals surface area contributed by atoms with Crippen molar-refractivity contribution in [3.05, 3.63) is 116 Å². The summed E-state index contributed by atoms with van der Waals surface area (Å²) in [5.41, 5.74) is 2.81. The third-order valence-corrected chi connectivity index (χ3v) is 6.11. The Bertz CT molecular complexity index is 1380. The number of β-amino-alcohol motifs (C(OH)–C–C–N with tert-alkyl or cyclic N) is 1. The lowest BCUT2D eigenvalue weighted by Crippen LogP contribution is -2.33. The van der Waals surface area contributed by atoms with Gasteiger partial charge in [-0.25, -0.2) is 0 Å². The van der Waals surface area contributed by atoms with E-state index in [-0.39, 0.29) is 23.3 Å². The Labute approximate surface area is 189 Å². The average Bonchev–Trinajstić information content (AvgIpc) is 3.07. The minimum absolute atomic E-state index is 0.00987. The van der Waals surface area contributed by atoms with Crippen LogP contribution >= 0.6 is 11.6 Å². The summed E-state index contributed by atoms with van der Waals surface area (Å²) in [5.74, 6) is -0.412. The number of hydrogen-bond donors (Lipinski definition) is 1. The first-order chi connectivity index (χ1) is 15.4. The molecule has 5 nitrogen and oxygen atoms in total. The molecule has 1 aromatic heterocycles. The zero-order valence-corrected chi connectivity index (χ0v) is 18.0. The third-order valence-electron chi connectivity index (χ3n) is 5.87. The van der Waals surface area contributed by atoms with Crippen LogP contribution in [0.4, 0.5) is 0 Å². The Morgan fingerprint density at radius 2 is 1.75 bits per heavy atom. The minimum Gasteiger partial charge on any atom is -0.450 e. The Morgan fingerprint density at radius 1 is 1.03 bits per heavy atom. The zero-order valence-electron chi connectivity index (χ0n) is 17.3. The van der Waals surface area contributed by atoms with Crippen molar-refractivity contribution in [3.63, 3.8) is 0 Å². The molecule has 32 heavy (non-hydrogen) atoms. The maximum absolute atomic E-state index is 13.5. The van der Waals surface area contributed by atoms with Gasteiger partial charge < -0.3 is 14.4 Å². The van der Waals surface area contributed by atoms with Gasteiger partial charge in [0.15, 0.2) is 5.43 Å². The largest absolute Gasteiger partial charge is 0.450 e. The Kier molecular flexibility index (Phi) is 5.08. The molecule has 1 amide bonds. The van der Waals surface area contributed by atoms with E-state index in [2.05, 4.69) is 0 Å². The Morgan fingerprint density at radius 3 is 2.47 bits per heavy atom. The molecule has 3 aromatic carbocycles. The molecule has 2 heterocycles. The predicted octanol–water partition coefficient (Wildman–Crippen LogP) is 5.03. The maximum Gasteiger partial charge on any atom is 0.291 e. The average molecular weight is 446 g/mol. The van der Waals surface area contributed by atoms with Gasteiger partial charge >= 0.3 is 0 Å². The molecule has 2 unspecified atom stereocenters. The molecule has 1 N–H and O–H groups in total. The molecule has 5 rings (SSSR count). The maximum atomic E-state index is 13.5. The molecule has 160 valence electrons. The van der Waals surface area contributed by atoms with Gasteiger partial charge in [-0.1, -0.05) is 71.8 Å². The summed E-state index contributed by atoms with van der Waals surface area (Å²) in [6.07, 6.45) is -0.915. The first-order valence-corrected chi connectivity index (χ1v) is 10.7. The number of carbonyl (C=O) groups is 1. The van der Waals surface area contributed by atoms with Crippen molar-refractivity contribution in [2.24, 2.45) is 0 Å². The van der Waals surface area contributed by atoms with E-state index in [0.29, 0.717) is 21.6 Å². The van der Waals surface area contributed by atoms with Crippen LogP contribution in [0.15, 0.2) is 82.0 Å². The van der Waals surface area contributed by atoms with Gasteiger partial charge in [-0.3, -0.25) is 9.59 Å². The summed E-state index contributed by atoms with van der Waals surface area (Å²) >= 11 is 6.12. The summed E-state index contributed by atoms with van der Waals surface area (Å²) < 4.78 is 5.91. The standard InChI is InChI=1S/C26H20ClNO4/c1-15-7-9-17(10-8-15)23-22-24(30)19-13-18(27)11-12-21(19)32-25(22)26(31)28(23)14-20(29)16-5-3-2-4-6-16/h2-13,20,23,29H,14H2,1H3. The molecule has 0 spiro atoms. The summed E-state index contributed by atoms with van der Waals surface area (Å²) in [5, 5.41) is 11.6. The smallest absolute Gasteiger partial charge is 0.291 e. The Balaban J connectivity index is 1.68. The van der Waals surface area contributed by atoms with Crippen LogP contribution in [-0.4, -0.2) is 22.5 Å². The highest BCUT2D eigenvalue weighted by molar-refractivity contribution is 6.31. The van der Waals surface area contributed by atoms with E-state index in [1.165, 1.54) is 4.90 Å². The van der Waals surface area contributed by atoms with Gasteiger partial charge in [-0.2, -0.15) is 0 Å². The van der Waals surface area contributed by atoms with Crippen LogP contribution in [0, 0.1) is 6.92 Å². The second kappa shape index (κ2) is 7.93. The fourth-order valence-electron chi connectivity index (χ4n) is 4.24. The van der Waals surface area contributed by atoms with E-state index < -0.39 is 18.1 Å². The highest BCUT2D eigenvalue weighted by atomic mass is 35.5. The zero-order chi connectivity index (χ0) is 22.4. The molecular weight excluding hydrogens is 426 g/mol. The first kappa shape index (κ1) is 20.5. The summed E-state index contributed by atoms with van der Waals surface area (Å²) in [6.45, 7) is 1.99. The highest BCUT2D eigenvalue weighted by Gasteiger charge is 2.43. The first-order valence-electron chi connectivity index (χ1n) is 10.3. The van der Waals surface area contributed by atoms with Gasteiger partial charge in [0.1, 0.15) is 5.58 Å². The number of rotatable bonds is 4. The number of aryl methyl sites for hydroxylation is 1. The van der Waals surface area contributed by atoms with E-state index in [9.17, 15) is 14.7 Å². The predicted molar refractivity (Wildman–Crippen MR) is 123 cm³/mol. The van der Waals surface area contributed by atoms with Gasteiger partial charge in [-0.15, -0.1) is 0 Å². The van der Waals surface area contributed by atoms with Crippen LogP contribution < -0.4 is 5.43 Å². The fraction of sp³-hybridized carbons (Fsp3) is 0.154. The molecule has 0 saturated heterocycles. The summed E-state index contributed by atoms with van der Waals surface area (Å²) in [6, 6.07) is 20.9. The van der Waals surface area contributed by atoms with Crippen molar-refractivity contribution < 1.29 is 14.3 Å². The van der Waals surface area contributed by atoms with Crippen molar-refractivity contribution in [3.8, 4) is 0 Å². The molecule has 0 aliphatic carbocycles. The molecule has 0 fully saturated rings. The lowest BCUT2D eigenvalue weighted by atomic mass is 9.97. The van der Waals surface area contributed by atoms with Crippen LogP contribution in [0.3, 0.4) is 0 Å². The molecule has 2 atom stereocenters. The fourth-order valence-corrected chi connectivity index (χ4v) is 4.42. The van der Waals surface area contributed by atoms with Gasteiger partial charge in [0.25, 0.3) is 5.91 Å². The van der Waals surface area contributed by atoms with E-state index in [1.807, 2.05) is 49.4 Å². The normalized spacial score (nSPS) is 16.4. The molecular formula is C26H20ClNO4. The molecule has 4 aromatic rings. The van der Waals surface area contributed by atoms with Gasteiger partial charge in [0, 0.05) is 5.02 Å². The van der Waals surface area contributed by atoms with Crippen molar-refractivity contribution in [1.82, 2.24) is 4.90 Å². The van der Waals surface area contributed by atoms with Gasteiger partial charge in [0.05, 0.1) is 29.6 Å². The van der Waals surface area contributed by atoms with Crippen LogP contribution in [-0.2, 0) is 0 Å². The van der Waals surface area contributed by atoms with Crippen molar-refractivity contribution in [1.29, 1.82) is 0 Å². The lowest BCUT2D eigenvalue weighted by Gasteiger charge is -2.27. The number of nitrogens with zero attached hydrogens (tertiary/aromatic N) is 1. The minimum atomic E-state index is -0.915. The second-order valence-corrected chi connectivity index (χ2v) is 8.45. The summed E-state index contributed by atoms with van der Waals surface area (Å²) in [4.78, 5) is 28.5. The molecule has 0 bridgehead atoms. The van der Waals surface area contributed by atoms with E-state index in [0.717, 1.165) is 11.1 Å². The number of fused-ring (bicyclic) bond motifs is 2. The van der Waals surface area contributed by atoms with Crippen LogP contribution in [0.1, 0.15) is 45.0 Å². The topological polar surface area (TPSA) is 70.8 Å². The number of carbonyl (C=O) groups excluding carboxylic acids is 1. The molecule has 6 heteroatoms. The van der Waals surface area contributed by atoms with E-state index in [1.54, 1.807) is 30.3 Å². The number of hydrogen-bond acceptors (Lipinski definition) is 4. The number of aliphatic hydroxyl groups excluding tert-OH is 1. The van der Waals surface area contributed by atoms with Crippen molar-refractivity contribution in [2.75, 3.05) is 6.54 Å². The SMILES string of the molecule is Cc1ccc(C2c3c(oc4ccc(Cl)cc4c3=O)C(=O)N2CC(O)c2ccccc2)cc1. The van der Waals surface area contributed by atoms with Crippen LogP contribution in [0.2, 0.25) is 5.02 Å². The summed E-state index contributed by atoms with van der Waals surface area (Å²) in [7, 11) is 0. The van der Waals surface area contributed by atoms with E-state index >= 15 is 0 Å². The van der Waals surface area contributed by atoms with E-state index in [4.69, 9.17) is 16.0 Å². The second-order valence-electron chi connectivity index (χ2n) is 8.01. The number of halogens is 1. The molecule has 1 aliphatic heterocycles. The highest BCUT2D eigenvalue weighted by Crippen LogP contribution is 2.39. The van der Waals surface area contributed by atoms with Crippen molar-refractivity contribution >= 4 is 28.5 Å². The third kappa shape index (κ3) is 3.40. The number of aliphatic hydroxyl groups is 1. The lowest BCUT2D eigenvalue weighted by molar-refractivity contribution is 0.0583. The monoisotopic (exact) mass is 445 g/mol. The number of amides is 1. The Hall–Kier alpha value is -3.41. The molecule has 0 radical (unpaired) electrons. The van der Waals surface area contributed by atoms with Crippen molar-refractivity contribution in [2.45, 2.75) is 19.1 Å². The molecule has 1 aliphatic rings. The van der Waals surface area contributed by atoms with Crippen LogP contribution in [0.25, 0.3) is 11.0 Å². The molecule has 0 saturated carbocycles. The van der Waals surface area contributed by atoms with Gasteiger partial charge in [-0.05, 0) is 36.2 Å².